The van der Waals surface area contributed by atoms with Crippen LogP contribution >= 0.6 is 0 Å². The number of nitrogens with two attached hydrogens (primary N) is 1. The van der Waals surface area contributed by atoms with Gasteiger partial charge in [-0.05, 0) is 18.9 Å². The molecular weight excluding hydrogens is 425 g/mol. The average Bonchev–Trinajstić information content (AvgIpc) is 3.53. The van der Waals surface area contributed by atoms with Crippen molar-refractivity contribution < 1.29 is 22.6 Å². The number of hydrogen-bond acceptors (Lipinski definition) is 8. The highest BCUT2D eigenvalue weighted by Crippen LogP contribution is 2.38. The standard InChI is InChI=1S/C21H23F3N6O2/c22-21(23,24)15-3-12(6-26-19(15)25)16-5-18(30-8-14-4-13(30)10-32-14)28-20(27-16)29-7-11-1-2-31-17(11)9-29/h3,5-6,11,13-14,17H,1-2,4,7-10H2,(H2,25,26). The van der Waals surface area contributed by atoms with Gasteiger partial charge in [-0.25, -0.2) is 9.97 Å². The Morgan fingerprint density at radius 2 is 1.97 bits per heavy atom. The molecule has 4 saturated heterocycles. The van der Waals surface area contributed by atoms with Crippen molar-refractivity contribution in [3.63, 3.8) is 0 Å². The summed E-state index contributed by atoms with van der Waals surface area (Å²) in [5.41, 5.74) is 5.18. The van der Waals surface area contributed by atoms with Gasteiger partial charge in [-0.2, -0.15) is 18.2 Å². The Balaban J connectivity index is 1.41. The van der Waals surface area contributed by atoms with Crippen molar-refractivity contribution in [3.8, 4) is 11.3 Å². The molecule has 6 rings (SSSR count). The zero-order chi connectivity index (χ0) is 22.0. The first-order chi connectivity index (χ1) is 15.3. The number of aromatic nitrogens is 3. The zero-order valence-corrected chi connectivity index (χ0v) is 17.3. The third-order valence-electron chi connectivity index (χ3n) is 6.90. The number of alkyl halides is 3. The number of ether oxygens (including phenoxy) is 2. The van der Waals surface area contributed by atoms with Gasteiger partial charge in [-0.3, -0.25) is 0 Å². The van der Waals surface area contributed by atoms with Crippen molar-refractivity contribution in [3.05, 3.63) is 23.9 Å². The summed E-state index contributed by atoms with van der Waals surface area (Å²) >= 11 is 0. The van der Waals surface area contributed by atoms with Crippen LogP contribution in [0.15, 0.2) is 18.3 Å². The second-order valence-corrected chi connectivity index (χ2v) is 8.93. The molecule has 2 bridgehead atoms. The molecule has 4 aliphatic heterocycles. The van der Waals surface area contributed by atoms with Crippen LogP contribution in [-0.2, 0) is 15.7 Å². The number of rotatable bonds is 3. The van der Waals surface area contributed by atoms with Crippen LogP contribution in [0, 0.1) is 5.92 Å². The number of nitrogens with zero attached hydrogens (tertiary/aromatic N) is 5. The van der Waals surface area contributed by atoms with Crippen LogP contribution in [0.5, 0.6) is 0 Å². The van der Waals surface area contributed by atoms with E-state index in [0.29, 0.717) is 43.1 Å². The first-order valence-corrected chi connectivity index (χ1v) is 10.8. The Bertz CT molecular complexity index is 1040. The van der Waals surface area contributed by atoms with Crippen molar-refractivity contribution >= 4 is 17.6 Å². The lowest BCUT2D eigenvalue weighted by Crippen LogP contribution is -2.38. The quantitative estimate of drug-likeness (QED) is 0.766. The van der Waals surface area contributed by atoms with Gasteiger partial charge in [0.25, 0.3) is 0 Å². The van der Waals surface area contributed by atoms with Crippen molar-refractivity contribution in [2.75, 3.05) is 48.4 Å². The normalized spacial score (nSPS) is 29.2. The highest BCUT2D eigenvalue weighted by Gasteiger charge is 2.42. The van der Waals surface area contributed by atoms with E-state index in [4.69, 9.17) is 20.2 Å². The zero-order valence-electron chi connectivity index (χ0n) is 17.3. The minimum Gasteiger partial charge on any atom is -0.383 e. The molecule has 170 valence electrons. The number of anilines is 3. The molecule has 11 heteroatoms. The predicted octanol–water partition coefficient (Wildman–Crippen LogP) is 2.34. The SMILES string of the molecule is Nc1ncc(-c2cc(N3CC4CC3CO4)nc(N3CC4CCOC4C3)n2)cc1C(F)(F)F. The molecule has 0 spiro atoms. The number of fused-ring (bicyclic) bond motifs is 3. The van der Waals surface area contributed by atoms with E-state index in [1.807, 2.05) is 0 Å². The van der Waals surface area contributed by atoms with Gasteiger partial charge >= 0.3 is 6.18 Å². The molecule has 6 heterocycles. The maximum Gasteiger partial charge on any atom is 0.419 e. The van der Waals surface area contributed by atoms with Gasteiger partial charge in [-0.1, -0.05) is 0 Å². The van der Waals surface area contributed by atoms with Crippen molar-refractivity contribution in [1.82, 2.24) is 15.0 Å². The Labute approximate surface area is 182 Å². The highest BCUT2D eigenvalue weighted by atomic mass is 19.4. The minimum absolute atomic E-state index is 0.150. The van der Waals surface area contributed by atoms with E-state index in [9.17, 15) is 13.2 Å². The maximum atomic E-state index is 13.4. The molecule has 0 radical (unpaired) electrons. The topological polar surface area (TPSA) is 89.6 Å². The summed E-state index contributed by atoms with van der Waals surface area (Å²) in [4.78, 5) is 17.5. The number of nitrogen functional groups attached to an aromatic ring is 1. The Morgan fingerprint density at radius 3 is 2.69 bits per heavy atom. The summed E-state index contributed by atoms with van der Waals surface area (Å²) < 4.78 is 51.8. The van der Waals surface area contributed by atoms with E-state index < -0.39 is 17.6 Å². The van der Waals surface area contributed by atoms with Gasteiger partial charge < -0.3 is 25.0 Å². The molecule has 0 aliphatic carbocycles. The molecule has 4 fully saturated rings. The molecule has 0 aromatic carbocycles. The van der Waals surface area contributed by atoms with Gasteiger partial charge in [0.15, 0.2) is 0 Å². The smallest absolute Gasteiger partial charge is 0.383 e. The highest BCUT2D eigenvalue weighted by molar-refractivity contribution is 5.67. The Hall–Kier alpha value is -2.66. The lowest BCUT2D eigenvalue weighted by atomic mass is 10.1. The third-order valence-corrected chi connectivity index (χ3v) is 6.90. The fraction of sp³-hybridized carbons (Fsp3) is 0.571. The number of pyridine rings is 1. The van der Waals surface area contributed by atoms with Gasteiger partial charge in [0.05, 0.1) is 36.1 Å². The van der Waals surface area contributed by atoms with Crippen LogP contribution in [0.4, 0.5) is 30.8 Å². The lowest BCUT2D eigenvalue weighted by molar-refractivity contribution is -0.137. The molecule has 0 amide bonds. The lowest BCUT2D eigenvalue weighted by Gasteiger charge is -2.29. The average molecular weight is 448 g/mol. The van der Waals surface area contributed by atoms with E-state index in [0.717, 1.165) is 32.1 Å². The van der Waals surface area contributed by atoms with Crippen molar-refractivity contribution in [2.45, 2.75) is 37.3 Å². The monoisotopic (exact) mass is 448 g/mol. The summed E-state index contributed by atoms with van der Waals surface area (Å²) in [6.07, 6.45) is -1.02. The second-order valence-electron chi connectivity index (χ2n) is 8.93. The summed E-state index contributed by atoms with van der Waals surface area (Å²) in [6.45, 7) is 3.56. The fourth-order valence-corrected chi connectivity index (χ4v) is 5.22. The molecule has 2 aromatic rings. The van der Waals surface area contributed by atoms with Gasteiger partial charge in [-0.15, -0.1) is 0 Å². The number of hydrogen-bond donors (Lipinski definition) is 1. The minimum atomic E-state index is -4.60. The predicted molar refractivity (Wildman–Crippen MR) is 110 cm³/mol. The summed E-state index contributed by atoms with van der Waals surface area (Å²) in [6, 6.07) is 2.97. The second kappa shape index (κ2) is 7.17. The molecule has 4 unspecified atom stereocenters. The van der Waals surface area contributed by atoms with Crippen LogP contribution in [-0.4, -0.2) is 66.0 Å². The van der Waals surface area contributed by atoms with E-state index in [1.165, 1.54) is 6.20 Å². The van der Waals surface area contributed by atoms with Crippen LogP contribution in [0.2, 0.25) is 0 Å². The molecule has 0 saturated carbocycles. The third kappa shape index (κ3) is 3.34. The molecule has 2 aromatic heterocycles. The van der Waals surface area contributed by atoms with Crippen LogP contribution in [0.1, 0.15) is 18.4 Å². The van der Waals surface area contributed by atoms with Gasteiger partial charge in [0, 0.05) is 50.0 Å². The van der Waals surface area contributed by atoms with E-state index >= 15 is 0 Å². The van der Waals surface area contributed by atoms with Gasteiger partial charge in [0.2, 0.25) is 5.95 Å². The molecule has 4 aliphatic rings. The van der Waals surface area contributed by atoms with Crippen LogP contribution in [0.25, 0.3) is 11.3 Å². The summed E-state index contributed by atoms with van der Waals surface area (Å²) in [5.74, 6) is 1.08. The number of halogens is 3. The van der Waals surface area contributed by atoms with Crippen LogP contribution < -0.4 is 15.5 Å². The molecule has 32 heavy (non-hydrogen) atoms. The maximum absolute atomic E-state index is 13.4. The molecule has 2 N–H and O–H groups in total. The van der Waals surface area contributed by atoms with Crippen LogP contribution in [0.3, 0.4) is 0 Å². The largest absolute Gasteiger partial charge is 0.419 e. The summed E-state index contributed by atoms with van der Waals surface area (Å²) in [5, 5.41) is 0. The fourth-order valence-electron chi connectivity index (χ4n) is 5.22. The van der Waals surface area contributed by atoms with Gasteiger partial charge in [0.1, 0.15) is 11.6 Å². The first-order valence-electron chi connectivity index (χ1n) is 10.8. The van der Waals surface area contributed by atoms with Crippen molar-refractivity contribution in [1.29, 1.82) is 0 Å². The van der Waals surface area contributed by atoms with Crippen molar-refractivity contribution in [2.24, 2.45) is 5.92 Å². The molecular formula is C21H23F3N6O2. The summed E-state index contributed by atoms with van der Waals surface area (Å²) in [7, 11) is 0. The number of morpholine rings is 1. The molecule has 4 atom stereocenters. The Kier molecular flexibility index (Phi) is 4.48. The van der Waals surface area contributed by atoms with E-state index in [2.05, 4.69) is 19.8 Å². The molecule has 8 nitrogen and oxygen atoms in total. The van der Waals surface area contributed by atoms with E-state index in [1.54, 1.807) is 6.07 Å². The Morgan fingerprint density at radius 1 is 1.09 bits per heavy atom. The van der Waals surface area contributed by atoms with E-state index in [-0.39, 0.29) is 23.8 Å². The first kappa shape index (κ1) is 20.0.